The minimum absolute atomic E-state index is 0.387. The van der Waals surface area contributed by atoms with Crippen LogP contribution in [0, 0.1) is 6.92 Å². The molecule has 1 N–H and O–H groups in total. The standard InChI is InChI=1S/C17H21F3N6O/c1-12-23-15(24-27-12)11-22-16(21-2)26-8-6-25(7-9-26)14-5-3-4-13(10-14)17(18,19)20/h3-5,10H,6-9,11H2,1-2H3,(H,21,22). The number of hydrogen-bond donors (Lipinski definition) is 1. The largest absolute Gasteiger partial charge is 0.416 e. The topological polar surface area (TPSA) is 69.8 Å². The van der Waals surface area contributed by atoms with Crippen molar-refractivity contribution >= 4 is 11.6 Å². The number of anilines is 1. The molecule has 3 rings (SSSR count). The summed E-state index contributed by atoms with van der Waals surface area (Å²) in [5.74, 6) is 1.73. The summed E-state index contributed by atoms with van der Waals surface area (Å²) in [5.41, 5.74) is -0.0509. The Bertz CT molecular complexity index is 796. The van der Waals surface area contributed by atoms with Crippen molar-refractivity contribution in [3.05, 3.63) is 41.5 Å². The molecular formula is C17H21F3N6O. The van der Waals surface area contributed by atoms with Gasteiger partial charge < -0.3 is 19.6 Å². The van der Waals surface area contributed by atoms with E-state index in [2.05, 4.69) is 25.3 Å². The van der Waals surface area contributed by atoms with Crippen LogP contribution in [-0.2, 0) is 12.7 Å². The number of guanidine groups is 1. The Morgan fingerprint density at radius 3 is 2.59 bits per heavy atom. The molecule has 10 heteroatoms. The molecule has 0 radical (unpaired) electrons. The first kappa shape index (κ1) is 19.0. The lowest BCUT2D eigenvalue weighted by molar-refractivity contribution is -0.137. The minimum Gasteiger partial charge on any atom is -0.368 e. The number of nitrogens with one attached hydrogen (secondary N) is 1. The van der Waals surface area contributed by atoms with Crippen LogP contribution in [0.4, 0.5) is 18.9 Å². The molecule has 0 bridgehead atoms. The molecule has 0 unspecified atom stereocenters. The van der Waals surface area contributed by atoms with Gasteiger partial charge in [-0.15, -0.1) is 0 Å². The third kappa shape index (κ3) is 4.69. The molecule has 2 heterocycles. The van der Waals surface area contributed by atoms with Gasteiger partial charge in [0.05, 0.1) is 12.1 Å². The van der Waals surface area contributed by atoms with Crippen LogP contribution in [0.1, 0.15) is 17.3 Å². The molecule has 0 atom stereocenters. The van der Waals surface area contributed by atoms with Gasteiger partial charge in [-0.05, 0) is 18.2 Å². The molecule has 1 aliphatic heterocycles. The number of aromatic nitrogens is 2. The Morgan fingerprint density at radius 1 is 1.26 bits per heavy atom. The van der Waals surface area contributed by atoms with Gasteiger partial charge in [-0.1, -0.05) is 11.2 Å². The smallest absolute Gasteiger partial charge is 0.368 e. The van der Waals surface area contributed by atoms with Gasteiger partial charge in [0.15, 0.2) is 11.8 Å². The third-order valence-corrected chi connectivity index (χ3v) is 4.30. The molecule has 0 aliphatic carbocycles. The van der Waals surface area contributed by atoms with Crippen molar-refractivity contribution in [2.45, 2.75) is 19.6 Å². The third-order valence-electron chi connectivity index (χ3n) is 4.30. The van der Waals surface area contributed by atoms with E-state index in [0.29, 0.717) is 56.1 Å². The lowest BCUT2D eigenvalue weighted by atomic mass is 10.1. The summed E-state index contributed by atoms with van der Waals surface area (Å²) in [6, 6.07) is 5.43. The van der Waals surface area contributed by atoms with Crippen LogP contribution in [0.5, 0.6) is 0 Å². The van der Waals surface area contributed by atoms with Crippen molar-refractivity contribution in [3.8, 4) is 0 Å². The van der Waals surface area contributed by atoms with Gasteiger partial charge in [-0.2, -0.15) is 18.2 Å². The number of aryl methyl sites for hydroxylation is 1. The quantitative estimate of drug-likeness (QED) is 0.649. The summed E-state index contributed by atoms with van der Waals surface area (Å²) < 4.78 is 43.7. The highest BCUT2D eigenvalue weighted by Crippen LogP contribution is 2.31. The van der Waals surface area contributed by atoms with E-state index < -0.39 is 11.7 Å². The second-order valence-electron chi connectivity index (χ2n) is 6.15. The number of nitrogens with zero attached hydrogens (tertiary/aromatic N) is 5. The molecule has 146 valence electrons. The van der Waals surface area contributed by atoms with Crippen molar-refractivity contribution in [2.75, 3.05) is 38.1 Å². The Balaban J connectivity index is 1.57. The minimum atomic E-state index is -4.34. The first-order valence-electron chi connectivity index (χ1n) is 8.54. The van der Waals surface area contributed by atoms with E-state index in [1.807, 2.05) is 4.90 Å². The van der Waals surface area contributed by atoms with Crippen LogP contribution in [-0.4, -0.2) is 54.2 Å². The van der Waals surface area contributed by atoms with Crippen LogP contribution in [0.2, 0.25) is 0 Å². The Labute approximate surface area is 154 Å². The molecular weight excluding hydrogens is 361 g/mol. The number of halogens is 3. The van der Waals surface area contributed by atoms with E-state index in [4.69, 9.17) is 4.52 Å². The van der Waals surface area contributed by atoms with E-state index >= 15 is 0 Å². The van der Waals surface area contributed by atoms with Gasteiger partial charge in [-0.3, -0.25) is 4.99 Å². The maximum absolute atomic E-state index is 12.9. The summed E-state index contributed by atoms with van der Waals surface area (Å²) in [6.45, 7) is 4.59. The summed E-state index contributed by atoms with van der Waals surface area (Å²) in [7, 11) is 1.68. The van der Waals surface area contributed by atoms with Gasteiger partial charge in [0.2, 0.25) is 5.89 Å². The van der Waals surface area contributed by atoms with Crippen molar-refractivity contribution in [1.82, 2.24) is 20.4 Å². The van der Waals surface area contributed by atoms with Gasteiger partial charge in [0, 0.05) is 45.8 Å². The Hall–Kier alpha value is -2.78. The molecule has 27 heavy (non-hydrogen) atoms. The zero-order valence-electron chi connectivity index (χ0n) is 15.1. The highest BCUT2D eigenvalue weighted by Gasteiger charge is 2.31. The lowest BCUT2D eigenvalue weighted by Gasteiger charge is -2.37. The molecule has 1 aromatic carbocycles. The number of rotatable bonds is 3. The van der Waals surface area contributed by atoms with E-state index in [0.717, 1.165) is 6.07 Å². The predicted octanol–water partition coefficient (Wildman–Crippen LogP) is 2.29. The highest BCUT2D eigenvalue weighted by molar-refractivity contribution is 5.80. The van der Waals surface area contributed by atoms with Crippen molar-refractivity contribution < 1.29 is 17.7 Å². The van der Waals surface area contributed by atoms with Crippen LogP contribution in [0.3, 0.4) is 0 Å². The van der Waals surface area contributed by atoms with Crippen molar-refractivity contribution in [2.24, 2.45) is 4.99 Å². The highest BCUT2D eigenvalue weighted by atomic mass is 19.4. The van der Waals surface area contributed by atoms with E-state index in [1.165, 1.54) is 12.1 Å². The SMILES string of the molecule is CN=C(NCc1noc(C)n1)N1CCN(c2cccc(C(F)(F)F)c2)CC1. The van der Waals surface area contributed by atoms with Crippen molar-refractivity contribution in [1.29, 1.82) is 0 Å². The summed E-state index contributed by atoms with van der Waals surface area (Å²) >= 11 is 0. The molecule has 1 aromatic heterocycles. The van der Waals surface area contributed by atoms with Crippen LogP contribution >= 0.6 is 0 Å². The van der Waals surface area contributed by atoms with Gasteiger partial charge in [0.1, 0.15) is 0 Å². The van der Waals surface area contributed by atoms with Crippen molar-refractivity contribution in [3.63, 3.8) is 0 Å². The molecule has 0 amide bonds. The van der Waals surface area contributed by atoms with Gasteiger partial charge in [0.25, 0.3) is 0 Å². The maximum atomic E-state index is 12.9. The molecule has 1 aliphatic rings. The second kappa shape index (κ2) is 7.85. The fraction of sp³-hybridized carbons (Fsp3) is 0.471. The first-order chi connectivity index (χ1) is 12.9. The molecule has 1 fully saturated rings. The van der Waals surface area contributed by atoms with E-state index in [9.17, 15) is 13.2 Å². The number of piperazine rings is 1. The maximum Gasteiger partial charge on any atom is 0.416 e. The monoisotopic (exact) mass is 382 g/mol. The van der Waals surface area contributed by atoms with Gasteiger partial charge >= 0.3 is 6.18 Å². The Morgan fingerprint density at radius 2 is 2.00 bits per heavy atom. The fourth-order valence-electron chi connectivity index (χ4n) is 2.96. The molecule has 0 spiro atoms. The number of benzene rings is 1. The number of alkyl halides is 3. The summed E-state index contributed by atoms with van der Waals surface area (Å²) in [4.78, 5) is 12.4. The molecule has 7 nitrogen and oxygen atoms in total. The van der Waals surface area contributed by atoms with E-state index in [1.54, 1.807) is 20.0 Å². The van der Waals surface area contributed by atoms with Crippen LogP contribution in [0.15, 0.2) is 33.8 Å². The Kier molecular flexibility index (Phi) is 5.52. The van der Waals surface area contributed by atoms with Crippen LogP contribution < -0.4 is 10.2 Å². The molecule has 2 aromatic rings. The average Bonchev–Trinajstić information content (AvgIpc) is 3.07. The normalized spacial score (nSPS) is 16.0. The summed E-state index contributed by atoms with van der Waals surface area (Å²) in [5, 5.41) is 7.00. The fourth-order valence-corrected chi connectivity index (χ4v) is 2.96. The zero-order chi connectivity index (χ0) is 19.4. The van der Waals surface area contributed by atoms with E-state index in [-0.39, 0.29) is 0 Å². The summed E-state index contributed by atoms with van der Waals surface area (Å²) in [6.07, 6.45) is -4.34. The second-order valence-corrected chi connectivity index (χ2v) is 6.15. The van der Waals surface area contributed by atoms with Gasteiger partial charge in [-0.25, -0.2) is 0 Å². The number of aliphatic imine (C=N–C) groups is 1. The number of hydrogen-bond acceptors (Lipinski definition) is 5. The average molecular weight is 382 g/mol. The lowest BCUT2D eigenvalue weighted by Crippen LogP contribution is -2.52. The van der Waals surface area contributed by atoms with Crippen LogP contribution in [0.25, 0.3) is 0 Å². The zero-order valence-corrected chi connectivity index (χ0v) is 15.1. The predicted molar refractivity (Wildman–Crippen MR) is 94.5 cm³/mol. The molecule has 1 saturated heterocycles. The molecule has 0 saturated carbocycles. The first-order valence-corrected chi connectivity index (χ1v) is 8.54.